The van der Waals surface area contributed by atoms with Crippen molar-refractivity contribution in [3.8, 4) is 0 Å². The summed E-state index contributed by atoms with van der Waals surface area (Å²) in [5, 5.41) is 1.13. The Kier molecular flexibility index (Phi) is 2.20. The normalized spacial score (nSPS) is 11.9. The van der Waals surface area contributed by atoms with E-state index in [-0.39, 0.29) is 4.87 Å². The first-order chi connectivity index (χ1) is 6.59. The van der Waals surface area contributed by atoms with Crippen LogP contribution in [0, 0.1) is 0 Å². The Morgan fingerprint density at radius 2 is 1.86 bits per heavy atom. The van der Waals surface area contributed by atoms with E-state index in [1.807, 2.05) is 44.3 Å². The van der Waals surface area contributed by atoms with Gasteiger partial charge in [-0.2, -0.15) is 0 Å². The number of nitrogens with zero attached hydrogens (tertiary/aromatic N) is 1. The van der Waals surface area contributed by atoms with E-state index in [1.54, 1.807) is 0 Å². The number of alkyl halides is 1. The molecule has 0 N–H and O–H groups in total. The fourth-order valence-corrected chi connectivity index (χ4v) is 1.78. The molecule has 1 aromatic heterocycles. The van der Waals surface area contributed by atoms with Gasteiger partial charge in [-0.1, -0.05) is 18.2 Å². The fraction of sp³-hybridized carbons (Fsp3) is 0.250. The minimum atomic E-state index is -0.345. The van der Waals surface area contributed by atoms with E-state index in [9.17, 15) is 0 Å². The van der Waals surface area contributed by atoms with E-state index in [1.165, 1.54) is 0 Å². The summed E-state index contributed by atoms with van der Waals surface area (Å²) in [4.78, 5) is 3.95. The molecule has 1 heterocycles. The first-order valence-electron chi connectivity index (χ1n) is 4.62. The van der Waals surface area contributed by atoms with Gasteiger partial charge in [-0.3, -0.25) is 4.98 Å². The molecule has 0 fully saturated rings. The summed E-state index contributed by atoms with van der Waals surface area (Å²) >= 11 is 6.31. The summed E-state index contributed by atoms with van der Waals surface area (Å²) < 4.78 is 0. The standard InChI is InChI=1S/C12H12ClN/c1-12(2,13)10-7-8-14-11-6-4-3-5-9(10)11/h3-8H,1-2H3. The number of rotatable bonds is 1. The predicted molar refractivity (Wildman–Crippen MR) is 60.6 cm³/mol. The predicted octanol–water partition coefficient (Wildman–Crippen LogP) is 3.71. The quantitative estimate of drug-likeness (QED) is 0.647. The number of hydrogen-bond acceptors (Lipinski definition) is 1. The van der Waals surface area contributed by atoms with Crippen molar-refractivity contribution in [3.63, 3.8) is 0 Å². The van der Waals surface area contributed by atoms with Crippen LogP contribution in [0.15, 0.2) is 36.5 Å². The Labute approximate surface area is 88.7 Å². The van der Waals surface area contributed by atoms with Crippen LogP contribution in [-0.2, 0) is 4.87 Å². The zero-order valence-corrected chi connectivity index (χ0v) is 9.05. The Morgan fingerprint density at radius 3 is 2.57 bits per heavy atom. The van der Waals surface area contributed by atoms with Crippen LogP contribution in [0.5, 0.6) is 0 Å². The lowest BCUT2D eigenvalue weighted by Gasteiger charge is -2.18. The minimum Gasteiger partial charge on any atom is -0.256 e. The topological polar surface area (TPSA) is 12.9 Å². The zero-order valence-electron chi connectivity index (χ0n) is 8.29. The molecule has 0 radical (unpaired) electrons. The number of halogens is 1. The van der Waals surface area contributed by atoms with Crippen molar-refractivity contribution in [2.45, 2.75) is 18.7 Å². The van der Waals surface area contributed by atoms with Gasteiger partial charge in [0.25, 0.3) is 0 Å². The third-order valence-electron chi connectivity index (χ3n) is 2.29. The highest BCUT2D eigenvalue weighted by molar-refractivity contribution is 6.24. The Morgan fingerprint density at radius 1 is 1.14 bits per heavy atom. The van der Waals surface area contributed by atoms with Gasteiger partial charge >= 0.3 is 0 Å². The molecular weight excluding hydrogens is 194 g/mol. The van der Waals surface area contributed by atoms with Crippen molar-refractivity contribution in [2.75, 3.05) is 0 Å². The molecule has 14 heavy (non-hydrogen) atoms. The van der Waals surface area contributed by atoms with Crippen molar-refractivity contribution in [2.24, 2.45) is 0 Å². The molecule has 0 unspecified atom stereocenters. The smallest absolute Gasteiger partial charge is 0.0705 e. The minimum absolute atomic E-state index is 0.345. The Balaban J connectivity index is 2.78. The molecule has 0 saturated heterocycles. The molecule has 0 aliphatic rings. The largest absolute Gasteiger partial charge is 0.256 e. The maximum Gasteiger partial charge on any atom is 0.0705 e. The van der Waals surface area contributed by atoms with Gasteiger partial charge in [-0.25, -0.2) is 0 Å². The number of aromatic nitrogens is 1. The second kappa shape index (κ2) is 3.25. The third-order valence-corrected chi connectivity index (χ3v) is 2.49. The monoisotopic (exact) mass is 205 g/mol. The lowest BCUT2D eigenvalue weighted by Crippen LogP contribution is -2.08. The van der Waals surface area contributed by atoms with E-state index < -0.39 is 0 Å². The molecule has 2 aromatic rings. The molecule has 2 rings (SSSR count). The van der Waals surface area contributed by atoms with Crippen molar-refractivity contribution in [3.05, 3.63) is 42.1 Å². The number of para-hydroxylation sites is 1. The van der Waals surface area contributed by atoms with Crippen LogP contribution in [0.2, 0.25) is 0 Å². The van der Waals surface area contributed by atoms with E-state index in [2.05, 4.69) is 11.1 Å². The summed E-state index contributed by atoms with van der Waals surface area (Å²) in [6.45, 7) is 3.99. The Bertz CT molecular complexity index is 452. The summed E-state index contributed by atoms with van der Waals surface area (Å²) in [5.74, 6) is 0. The van der Waals surface area contributed by atoms with Gasteiger partial charge in [0.15, 0.2) is 0 Å². The van der Waals surface area contributed by atoms with Gasteiger partial charge in [-0.15, -0.1) is 11.6 Å². The Hall–Kier alpha value is -1.08. The number of hydrogen-bond donors (Lipinski definition) is 0. The number of pyridine rings is 1. The maximum atomic E-state index is 6.31. The van der Waals surface area contributed by atoms with Crippen molar-refractivity contribution in [1.82, 2.24) is 4.98 Å². The molecule has 0 atom stereocenters. The molecule has 72 valence electrons. The first-order valence-corrected chi connectivity index (χ1v) is 5.00. The third kappa shape index (κ3) is 1.60. The fourth-order valence-electron chi connectivity index (χ4n) is 1.61. The summed E-state index contributed by atoms with van der Waals surface area (Å²) in [6, 6.07) is 10.0. The van der Waals surface area contributed by atoms with Crippen molar-refractivity contribution < 1.29 is 0 Å². The number of benzene rings is 1. The second-order valence-corrected chi connectivity index (χ2v) is 4.79. The summed E-state index contributed by atoms with van der Waals surface area (Å²) in [7, 11) is 0. The highest BCUT2D eigenvalue weighted by Crippen LogP contribution is 2.32. The van der Waals surface area contributed by atoms with Crippen LogP contribution in [-0.4, -0.2) is 4.98 Å². The van der Waals surface area contributed by atoms with Gasteiger partial charge in [-0.05, 0) is 31.5 Å². The molecule has 2 heteroatoms. The lowest BCUT2D eigenvalue weighted by molar-refractivity contribution is 0.773. The molecule has 1 aromatic carbocycles. The van der Waals surface area contributed by atoms with Crippen LogP contribution >= 0.6 is 11.6 Å². The SMILES string of the molecule is CC(C)(Cl)c1ccnc2ccccc12. The van der Waals surface area contributed by atoms with Crippen LogP contribution in [0.1, 0.15) is 19.4 Å². The molecular formula is C12H12ClN. The lowest BCUT2D eigenvalue weighted by atomic mass is 9.98. The van der Waals surface area contributed by atoms with Crippen LogP contribution in [0.25, 0.3) is 10.9 Å². The second-order valence-electron chi connectivity index (χ2n) is 3.85. The average Bonchev–Trinajstić information content (AvgIpc) is 2.15. The molecule has 0 aliphatic carbocycles. The van der Waals surface area contributed by atoms with Gasteiger partial charge in [0.05, 0.1) is 10.4 Å². The van der Waals surface area contributed by atoms with E-state index in [4.69, 9.17) is 11.6 Å². The van der Waals surface area contributed by atoms with Gasteiger partial charge in [0.2, 0.25) is 0 Å². The van der Waals surface area contributed by atoms with E-state index in [0.29, 0.717) is 0 Å². The maximum absolute atomic E-state index is 6.31. The highest BCUT2D eigenvalue weighted by Gasteiger charge is 2.18. The molecule has 0 aliphatic heterocycles. The highest BCUT2D eigenvalue weighted by atomic mass is 35.5. The zero-order chi connectivity index (χ0) is 10.2. The van der Waals surface area contributed by atoms with Gasteiger partial charge in [0, 0.05) is 11.6 Å². The van der Waals surface area contributed by atoms with Crippen molar-refractivity contribution >= 4 is 22.5 Å². The number of fused-ring (bicyclic) bond motifs is 1. The first kappa shape index (κ1) is 9.47. The summed E-state index contributed by atoms with van der Waals surface area (Å²) in [6.07, 6.45) is 1.81. The van der Waals surface area contributed by atoms with Crippen LogP contribution in [0.3, 0.4) is 0 Å². The van der Waals surface area contributed by atoms with E-state index in [0.717, 1.165) is 16.5 Å². The van der Waals surface area contributed by atoms with Gasteiger partial charge < -0.3 is 0 Å². The molecule has 0 amide bonds. The van der Waals surface area contributed by atoms with E-state index >= 15 is 0 Å². The van der Waals surface area contributed by atoms with Gasteiger partial charge in [0.1, 0.15) is 0 Å². The molecule has 0 spiro atoms. The average molecular weight is 206 g/mol. The summed E-state index contributed by atoms with van der Waals surface area (Å²) in [5.41, 5.74) is 2.13. The molecule has 0 saturated carbocycles. The van der Waals surface area contributed by atoms with Crippen LogP contribution in [0.4, 0.5) is 0 Å². The molecule has 1 nitrogen and oxygen atoms in total. The van der Waals surface area contributed by atoms with Crippen molar-refractivity contribution in [1.29, 1.82) is 0 Å². The molecule has 0 bridgehead atoms. The van der Waals surface area contributed by atoms with Crippen LogP contribution < -0.4 is 0 Å².